The first kappa shape index (κ1) is 51.5. The zero-order chi connectivity index (χ0) is 57.8. The van der Waals surface area contributed by atoms with Gasteiger partial charge in [-0.3, -0.25) is 0 Å². The van der Waals surface area contributed by atoms with Gasteiger partial charge in [0.25, 0.3) is 0 Å². The Morgan fingerprint density at radius 1 is 0.273 bits per heavy atom. The van der Waals surface area contributed by atoms with Crippen LogP contribution in [0, 0.1) is 0 Å². The van der Waals surface area contributed by atoms with Gasteiger partial charge in [0, 0.05) is 104 Å². The van der Waals surface area contributed by atoms with Gasteiger partial charge in [-0.1, -0.05) is 234 Å². The predicted molar refractivity (Wildman–Crippen MR) is 374 cm³/mol. The number of benzene rings is 13. The molecule has 0 saturated carbocycles. The fourth-order valence-electron chi connectivity index (χ4n) is 14.6. The van der Waals surface area contributed by atoms with E-state index in [4.69, 9.17) is 0 Å². The molecule has 0 bridgehead atoms. The van der Waals surface area contributed by atoms with Gasteiger partial charge in [-0.05, 0) is 160 Å². The van der Waals surface area contributed by atoms with E-state index in [1.807, 2.05) is 35.3 Å². The zero-order valence-corrected chi connectivity index (χ0v) is 50.1. The van der Waals surface area contributed by atoms with Crippen LogP contribution in [0.3, 0.4) is 0 Å². The van der Waals surface area contributed by atoms with Gasteiger partial charge < -0.3 is 19.6 Å². The summed E-state index contributed by atoms with van der Waals surface area (Å²) in [6, 6.07) is 115. The molecule has 0 spiro atoms. The SMILES string of the molecule is c1ccc(N(c2ccccc2)c2cc3c4c(c2)N(c2ccccc2)c2ccccc2B4c2cc4c(c(C5c6ccccc6Sc6ccccc65)c2S3)Sc2cc(N(c3ccccc3)c3ccccc3)cc3c2B4c2ccccc2N3c2ccccc2)cc1. The lowest BCUT2D eigenvalue weighted by atomic mass is 9.31. The maximum atomic E-state index is 2.70. The maximum Gasteiger partial charge on any atom is 0.249 e. The summed E-state index contributed by atoms with van der Waals surface area (Å²) >= 11 is 5.89. The molecule has 0 N–H and O–H groups in total. The summed E-state index contributed by atoms with van der Waals surface area (Å²) in [7, 11) is 0. The van der Waals surface area contributed by atoms with Crippen LogP contribution in [0.15, 0.2) is 339 Å². The molecule has 0 fully saturated rings. The van der Waals surface area contributed by atoms with Crippen LogP contribution in [0.2, 0.25) is 0 Å². The highest BCUT2D eigenvalue weighted by Gasteiger charge is 2.49. The van der Waals surface area contributed by atoms with E-state index in [1.165, 1.54) is 102 Å². The van der Waals surface area contributed by atoms with Gasteiger partial charge in [-0.2, -0.15) is 0 Å². The molecule has 0 radical (unpaired) electrons. The van der Waals surface area contributed by atoms with E-state index < -0.39 is 0 Å². The number of fused-ring (bicyclic) bond motifs is 10. The van der Waals surface area contributed by atoms with Gasteiger partial charge in [-0.25, -0.2) is 0 Å². The second kappa shape index (κ2) is 21.0. The van der Waals surface area contributed by atoms with E-state index in [9.17, 15) is 0 Å². The number of para-hydroxylation sites is 8. The first-order valence-corrected chi connectivity index (χ1v) is 32.6. The highest BCUT2D eigenvalue weighted by Crippen LogP contribution is 2.57. The Hall–Kier alpha value is -9.76. The van der Waals surface area contributed by atoms with Crippen LogP contribution >= 0.6 is 35.3 Å². The monoisotopic (exact) mass is 1170 g/mol. The average molecular weight is 1180 g/mol. The molecule has 0 atom stereocenters. The van der Waals surface area contributed by atoms with Crippen molar-refractivity contribution >= 4 is 150 Å². The van der Waals surface area contributed by atoms with Gasteiger partial charge in [-0.15, -0.1) is 0 Å². The van der Waals surface area contributed by atoms with Gasteiger partial charge in [0.1, 0.15) is 0 Å². The number of hydrogen-bond donors (Lipinski definition) is 0. The van der Waals surface area contributed by atoms with Crippen LogP contribution in [-0.4, -0.2) is 13.4 Å². The van der Waals surface area contributed by atoms with Crippen LogP contribution in [0.4, 0.5) is 68.2 Å². The van der Waals surface area contributed by atoms with Gasteiger partial charge in [0.2, 0.25) is 13.4 Å². The largest absolute Gasteiger partial charge is 0.311 e. The average Bonchev–Trinajstić information content (AvgIpc) is 0.744. The summed E-state index contributed by atoms with van der Waals surface area (Å²) in [4.78, 5) is 17.8. The second-order valence-electron chi connectivity index (χ2n) is 23.0. The van der Waals surface area contributed by atoms with Crippen molar-refractivity contribution in [1.29, 1.82) is 0 Å². The minimum Gasteiger partial charge on any atom is -0.311 e. The van der Waals surface area contributed by atoms with E-state index >= 15 is 0 Å². The lowest BCUT2D eigenvalue weighted by Crippen LogP contribution is -2.64. The Morgan fingerprint density at radius 2 is 0.614 bits per heavy atom. The van der Waals surface area contributed by atoms with E-state index in [2.05, 4.69) is 329 Å². The van der Waals surface area contributed by atoms with Gasteiger partial charge >= 0.3 is 0 Å². The van der Waals surface area contributed by atoms with Crippen molar-refractivity contribution in [3.05, 3.63) is 326 Å². The molecule has 4 nitrogen and oxygen atoms in total. The molecule has 412 valence electrons. The quantitative estimate of drug-likeness (QED) is 0.132. The van der Waals surface area contributed by atoms with E-state index in [0.717, 1.165) is 45.5 Å². The highest BCUT2D eigenvalue weighted by molar-refractivity contribution is 8.01. The third-order valence-electron chi connectivity index (χ3n) is 18.2. The molecule has 0 aromatic heterocycles. The topological polar surface area (TPSA) is 13.0 Å². The fraction of sp³-hybridized carbons (Fsp3) is 0.0127. The third kappa shape index (κ3) is 8.14. The maximum absolute atomic E-state index is 2.70. The molecule has 0 unspecified atom stereocenters. The lowest BCUT2D eigenvalue weighted by molar-refractivity contribution is 0.860. The summed E-state index contributed by atoms with van der Waals surface area (Å²) in [6.45, 7) is -0.196. The van der Waals surface area contributed by atoms with Gasteiger partial charge in [0.05, 0.1) is 0 Å². The molecule has 5 heterocycles. The Bertz CT molecular complexity index is 4500. The van der Waals surface area contributed by atoms with Crippen LogP contribution in [0.25, 0.3) is 0 Å². The molecule has 13 aromatic rings. The molecule has 0 amide bonds. The van der Waals surface area contributed by atoms with Crippen LogP contribution in [0.5, 0.6) is 0 Å². The van der Waals surface area contributed by atoms with Gasteiger partial charge in [0.15, 0.2) is 0 Å². The predicted octanol–water partition coefficient (Wildman–Crippen LogP) is 17.8. The molecule has 88 heavy (non-hydrogen) atoms. The van der Waals surface area contributed by atoms with Crippen LogP contribution < -0.4 is 52.4 Å². The molecular weight excluding hydrogens is 1120 g/mol. The molecule has 18 rings (SSSR count). The minimum absolute atomic E-state index is 0.0830. The van der Waals surface area contributed by atoms with Crippen LogP contribution in [0.1, 0.15) is 22.6 Å². The summed E-state index contributed by atoms with van der Waals surface area (Å²) in [5.41, 5.74) is 25.8. The van der Waals surface area contributed by atoms with Crippen molar-refractivity contribution < 1.29 is 0 Å². The van der Waals surface area contributed by atoms with Crippen molar-refractivity contribution in [2.75, 3.05) is 19.6 Å². The Balaban J connectivity index is 0.962. The Labute approximate surface area is 527 Å². The molecule has 9 heteroatoms. The van der Waals surface area contributed by atoms with E-state index in [-0.39, 0.29) is 19.3 Å². The molecule has 0 aliphatic carbocycles. The van der Waals surface area contributed by atoms with E-state index in [1.54, 1.807) is 0 Å². The second-order valence-corrected chi connectivity index (χ2v) is 26.2. The number of nitrogens with zero attached hydrogens (tertiary/aromatic N) is 4. The molecule has 5 aliphatic heterocycles. The van der Waals surface area contributed by atoms with Crippen molar-refractivity contribution in [2.24, 2.45) is 0 Å². The fourth-order valence-corrected chi connectivity index (χ4v) is 18.6. The first-order valence-electron chi connectivity index (χ1n) is 30.2. The van der Waals surface area contributed by atoms with E-state index in [0.29, 0.717) is 0 Å². The zero-order valence-electron chi connectivity index (χ0n) is 47.7. The molecule has 0 saturated heterocycles. The first-order chi connectivity index (χ1) is 43.7. The Kier molecular flexibility index (Phi) is 12.3. The number of hydrogen-bond acceptors (Lipinski definition) is 7. The number of rotatable bonds is 9. The summed E-state index contributed by atoms with van der Waals surface area (Å²) in [5, 5.41) is 0. The molecule has 5 aliphatic rings. The summed E-state index contributed by atoms with van der Waals surface area (Å²) in [6.07, 6.45) is 0. The van der Waals surface area contributed by atoms with Crippen molar-refractivity contribution in [3.63, 3.8) is 0 Å². The molecule has 13 aromatic carbocycles. The standard InChI is InChI=1S/C79H52B2N4S3/c1-7-27-52(28-8-1)82(53-29-9-2-10-30-53)58-47-68-76-72(49-58)87-78-64(80(76)62-41-21-23-43-66(62)84(68)56-35-15-5-16-36-56)51-65-79(75(78)74-60-39-19-25-45-70(60)86-71-46-26-20-40-61(71)74)88-73-50-59(83(54-31-11-3-12-32-54)55-33-13-4-14-34-55)48-69-77(73)81(65)63-42-22-24-44-67(63)85(69)57-37-17-6-18-38-57/h1-51,74H. The summed E-state index contributed by atoms with van der Waals surface area (Å²) in [5.74, 6) is -0.0830. The summed E-state index contributed by atoms with van der Waals surface area (Å²) < 4.78 is 0. The van der Waals surface area contributed by atoms with Crippen LogP contribution in [-0.2, 0) is 0 Å². The van der Waals surface area contributed by atoms with Crippen molar-refractivity contribution in [3.8, 4) is 0 Å². The third-order valence-corrected chi connectivity index (χ3v) is 21.8. The van der Waals surface area contributed by atoms with Crippen molar-refractivity contribution in [2.45, 2.75) is 35.3 Å². The van der Waals surface area contributed by atoms with Crippen molar-refractivity contribution in [1.82, 2.24) is 0 Å². The molecular formula is C79H52B2N4S3. The Morgan fingerprint density at radius 3 is 1.01 bits per heavy atom. The normalized spacial score (nSPS) is 13.6. The number of anilines is 12. The lowest BCUT2D eigenvalue weighted by Gasteiger charge is -2.45. The minimum atomic E-state index is -0.0981. The smallest absolute Gasteiger partial charge is 0.249 e. The highest BCUT2D eigenvalue weighted by atomic mass is 32.2.